The molecule has 0 aromatic heterocycles. The summed E-state index contributed by atoms with van der Waals surface area (Å²) in [6, 6.07) is 12.8. The molecule has 1 aromatic carbocycles. The van der Waals surface area contributed by atoms with Gasteiger partial charge in [0.25, 0.3) is 0 Å². The minimum atomic E-state index is -0.240. The fourth-order valence-corrected chi connectivity index (χ4v) is 4.53. The number of ketones is 1. The van der Waals surface area contributed by atoms with Gasteiger partial charge in [-0.25, -0.2) is 0 Å². The van der Waals surface area contributed by atoms with E-state index in [-0.39, 0.29) is 74.3 Å². The SMILES string of the molecule is C1CCNC1.CC(C)(C#N)N1CCCC1.CC(C)(C(N)c1ccccc1)N1CCCC1.CC(C)=O.[C-]#N.[K+]. The number of nitrogens with two attached hydrogens (primary N) is 1. The van der Waals surface area contributed by atoms with Gasteiger partial charge in [-0.2, -0.15) is 5.26 Å². The van der Waals surface area contributed by atoms with Crippen LogP contribution in [0.1, 0.15) is 91.7 Å². The summed E-state index contributed by atoms with van der Waals surface area (Å²) in [6.45, 7) is 23.4. The van der Waals surface area contributed by atoms with Gasteiger partial charge in [0.05, 0.1) is 6.07 Å². The van der Waals surface area contributed by atoms with Crippen LogP contribution in [-0.2, 0) is 4.79 Å². The Morgan fingerprint density at radius 3 is 1.63 bits per heavy atom. The number of nitriles is 1. The Balaban J connectivity index is 0. The van der Waals surface area contributed by atoms with Crippen LogP contribution in [0.2, 0.25) is 0 Å². The quantitative estimate of drug-likeness (QED) is 0.436. The average molecular weight is 551 g/mol. The van der Waals surface area contributed by atoms with Crippen molar-refractivity contribution in [2.24, 2.45) is 5.73 Å². The van der Waals surface area contributed by atoms with Crippen LogP contribution >= 0.6 is 0 Å². The van der Waals surface area contributed by atoms with E-state index in [1.807, 2.05) is 19.9 Å². The normalized spacial score (nSPS) is 17.8. The third-order valence-electron chi connectivity index (χ3n) is 6.97. The Bertz CT molecular complexity index is 778. The number of Topliss-reactive ketones (excluding diaryl/α,β-unsaturated/α-hetero) is 1. The zero-order valence-electron chi connectivity index (χ0n) is 25.2. The maximum Gasteiger partial charge on any atom is 1.00 e. The predicted octanol–water partition coefficient (Wildman–Crippen LogP) is 2.01. The van der Waals surface area contributed by atoms with E-state index >= 15 is 0 Å². The molecule has 3 heterocycles. The van der Waals surface area contributed by atoms with Crippen molar-refractivity contribution in [1.82, 2.24) is 15.1 Å². The Hall–Kier alpha value is -0.654. The van der Waals surface area contributed by atoms with Crippen LogP contribution in [0.4, 0.5) is 0 Å². The van der Waals surface area contributed by atoms with E-state index in [0.29, 0.717) is 0 Å². The van der Waals surface area contributed by atoms with Crippen molar-refractivity contribution in [3.63, 3.8) is 0 Å². The molecule has 4 rings (SSSR count). The molecule has 0 spiro atoms. The summed E-state index contributed by atoms with van der Waals surface area (Å²) in [6.07, 6.45) is 7.91. The largest absolute Gasteiger partial charge is 1.00 e. The number of rotatable bonds is 4. The number of hydrogen-bond donors (Lipinski definition) is 2. The second-order valence-electron chi connectivity index (χ2n) is 11.0. The molecule has 3 fully saturated rings. The van der Waals surface area contributed by atoms with Crippen molar-refractivity contribution in [2.45, 2.75) is 97.2 Å². The van der Waals surface area contributed by atoms with Crippen LogP contribution in [0.15, 0.2) is 30.3 Å². The molecular formula is C30H51KN6O. The van der Waals surface area contributed by atoms with Crippen LogP contribution in [-0.4, -0.2) is 65.9 Å². The Labute approximate surface area is 275 Å². The summed E-state index contributed by atoms with van der Waals surface area (Å²) in [5.41, 5.74) is 7.46. The maximum absolute atomic E-state index is 9.44. The van der Waals surface area contributed by atoms with Gasteiger partial charge in [0.2, 0.25) is 0 Å². The molecular weight excluding hydrogens is 499 g/mol. The van der Waals surface area contributed by atoms with E-state index in [1.54, 1.807) is 0 Å². The molecule has 0 amide bonds. The van der Waals surface area contributed by atoms with E-state index in [0.717, 1.165) is 13.1 Å². The van der Waals surface area contributed by atoms with Gasteiger partial charge in [-0.1, -0.05) is 30.3 Å². The maximum atomic E-state index is 9.44. The molecule has 0 radical (unpaired) electrons. The predicted molar refractivity (Wildman–Crippen MR) is 152 cm³/mol. The molecule has 0 bridgehead atoms. The monoisotopic (exact) mass is 550 g/mol. The molecule has 208 valence electrons. The Kier molecular flexibility index (Phi) is 22.9. The van der Waals surface area contributed by atoms with Crippen LogP contribution < -0.4 is 62.4 Å². The molecule has 1 atom stereocenters. The second-order valence-corrected chi connectivity index (χ2v) is 11.0. The van der Waals surface area contributed by atoms with E-state index in [4.69, 9.17) is 22.8 Å². The van der Waals surface area contributed by atoms with Crippen LogP contribution in [0, 0.1) is 23.2 Å². The van der Waals surface area contributed by atoms with Crippen LogP contribution in [0.3, 0.4) is 0 Å². The molecule has 0 saturated carbocycles. The minimum absolute atomic E-state index is 0. The van der Waals surface area contributed by atoms with Crippen molar-refractivity contribution in [1.29, 1.82) is 10.5 Å². The molecule has 1 aromatic rings. The zero-order chi connectivity index (χ0) is 28.3. The molecule has 38 heavy (non-hydrogen) atoms. The average Bonchev–Trinajstić information content (AvgIpc) is 3.70. The number of nitrogens with zero attached hydrogens (tertiary/aromatic N) is 4. The van der Waals surface area contributed by atoms with Gasteiger partial charge in [0.1, 0.15) is 11.3 Å². The third-order valence-corrected chi connectivity index (χ3v) is 6.97. The van der Waals surface area contributed by atoms with Crippen molar-refractivity contribution in [3.05, 3.63) is 42.5 Å². The molecule has 3 saturated heterocycles. The minimum Gasteiger partial charge on any atom is -0.512 e. The summed E-state index contributed by atoms with van der Waals surface area (Å²) in [4.78, 5) is 14.2. The number of hydrogen-bond acceptors (Lipinski definition) is 7. The number of benzene rings is 1. The molecule has 7 nitrogen and oxygen atoms in total. The topological polar surface area (TPSA) is 109 Å². The number of carbonyl (C=O) groups is 1. The number of nitrogens with one attached hydrogen (secondary N) is 1. The Morgan fingerprint density at radius 1 is 0.895 bits per heavy atom. The van der Waals surface area contributed by atoms with Gasteiger partial charge in [-0.15, -0.1) is 0 Å². The van der Waals surface area contributed by atoms with Crippen molar-refractivity contribution in [2.75, 3.05) is 39.3 Å². The summed E-state index contributed by atoms with van der Waals surface area (Å²) >= 11 is 0. The summed E-state index contributed by atoms with van der Waals surface area (Å²) in [5.74, 6) is 0.167. The van der Waals surface area contributed by atoms with Gasteiger partial charge in [0, 0.05) is 11.6 Å². The van der Waals surface area contributed by atoms with E-state index in [2.05, 4.69) is 59.3 Å². The Morgan fingerprint density at radius 2 is 1.29 bits per heavy atom. The van der Waals surface area contributed by atoms with Crippen molar-refractivity contribution >= 4 is 5.78 Å². The van der Waals surface area contributed by atoms with E-state index in [9.17, 15) is 4.79 Å². The first-order valence-electron chi connectivity index (χ1n) is 13.6. The summed E-state index contributed by atoms with van der Waals surface area (Å²) in [7, 11) is 0. The number of likely N-dealkylation sites (tertiary alicyclic amines) is 2. The molecule has 1 unspecified atom stereocenters. The first-order chi connectivity index (χ1) is 17.5. The van der Waals surface area contributed by atoms with Gasteiger partial charge < -0.3 is 27.7 Å². The van der Waals surface area contributed by atoms with Crippen molar-refractivity contribution < 1.29 is 56.2 Å². The van der Waals surface area contributed by atoms with Gasteiger partial charge in [-0.3, -0.25) is 9.80 Å². The smallest absolute Gasteiger partial charge is 0.512 e. The van der Waals surface area contributed by atoms with Crippen LogP contribution in [0.25, 0.3) is 0 Å². The second kappa shape index (κ2) is 22.1. The first kappa shape index (κ1) is 39.5. The standard InChI is InChI=1S/C14H22N2.C8H14N2.C4H9N.C3H6O.CN.K/c1-14(2,16-10-6-7-11-16)13(15)12-8-4-3-5-9-12;1-8(2,7-9)10-5-3-4-6-10;1-2-4-5-3-1;1-3(2)4;1-2;/h3-5,8-9,13H,6-7,10-11,15H2,1-2H3;3-6H2,1-2H3;5H,1-4H2;1-2H3;;/q;;;;-1;+1. The third kappa shape index (κ3) is 15.8. The van der Waals surface area contributed by atoms with E-state index in [1.165, 1.54) is 84.1 Å². The zero-order valence-corrected chi connectivity index (χ0v) is 28.3. The fourth-order valence-electron chi connectivity index (χ4n) is 4.53. The first-order valence-corrected chi connectivity index (χ1v) is 13.6. The summed E-state index contributed by atoms with van der Waals surface area (Å²) < 4.78 is 0. The molecule has 0 aliphatic carbocycles. The van der Waals surface area contributed by atoms with Gasteiger partial charge >= 0.3 is 51.4 Å². The number of carbonyl (C=O) groups excluding carboxylic acids is 1. The van der Waals surface area contributed by atoms with E-state index < -0.39 is 0 Å². The van der Waals surface area contributed by atoms with Gasteiger partial charge in [0.15, 0.2) is 0 Å². The van der Waals surface area contributed by atoms with Crippen molar-refractivity contribution in [3.8, 4) is 6.07 Å². The fraction of sp³-hybridized carbons (Fsp3) is 0.700. The summed E-state index contributed by atoms with van der Waals surface area (Å²) in [5, 5.41) is 18.2. The molecule has 8 heteroatoms. The van der Waals surface area contributed by atoms with Crippen LogP contribution in [0.5, 0.6) is 0 Å². The molecule has 3 N–H and O–H groups in total. The molecule has 3 aliphatic heterocycles. The van der Waals surface area contributed by atoms with Gasteiger partial charge in [-0.05, 0) is 125 Å². The molecule has 3 aliphatic rings.